The monoisotopic (exact) mass is 382 g/mol. The van der Waals surface area contributed by atoms with Crippen LogP contribution >= 0.6 is 15.9 Å². The van der Waals surface area contributed by atoms with Crippen LogP contribution in [0.15, 0.2) is 29.1 Å². The van der Waals surface area contributed by atoms with Crippen LogP contribution in [-0.2, 0) is 0 Å². The van der Waals surface area contributed by atoms with Gasteiger partial charge in [-0.1, -0.05) is 0 Å². The molecule has 0 bridgehead atoms. The fourth-order valence-electron chi connectivity index (χ4n) is 1.97. The van der Waals surface area contributed by atoms with E-state index in [1.54, 1.807) is 23.2 Å². The van der Waals surface area contributed by atoms with Crippen molar-refractivity contribution in [3.05, 3.63) is 39.2 Å². The highest BCUT2D eigenvalue weighted by Crippen LogP contribution is 2.33. The number of rotatable bonds is 7. The van der Waals surface area contributed by atoms with Crippen LogP contribution < -0.4 is 10.2 Å². The lowest BCUT2D eigenvalue weighted by Gasteiger charge is -2.20. The van der Waals surface area contributed by atoms with Crippen molar-refractivity contribution in [1.29, 1.82) is 0 Å². The molecule has 2 rings (SSSR count). The second-order valence-electron chi connectivity index (χ2n) is 4.44. The number of hydrogen-bond acceptors (Lipinski definition) is 8. The first-order chi connectivity index (χ1) is 11.1. The zero-order chi connectivity index (χ0) is 16.8. The van der Waals surface area contributed by atoms with E-state index in [0.29, 0.717) is 12.4 Å². The van der Waals surface area contributed by atoms with E-state index in [9.17, 15) is 10.1 Å². The normalized spacial score (nSPS) is 10.4. The molecule has 2 N–H and O–H groups in total. The molecule has 2 heterocycles. The molecule has 0 aromatic carbocycles. The van der Waals surface area contributed by atoms with Gasteiger partial charge in [0.25, 0.3) is 0 Å². The summed E-state index contributed by atoms with van der Waals surface area (Å²) in [4.78, 5) is 24.6. The zero-order valence-corrected chi connectivity index (χ0v) is 13.9. The Bertz CT molecular complexity index is 682. The lowest BCUT2D eigenvalue weighted by Crippen LogP contribution is -2.28. The molecule has 0 saturated heterocycles. The topological polar surface area (TPSA) is 117 Å². The number of nitrogens with one attached hydrogen (secondary N) is 1. The second kappa shape index (κ2) is 7.79. The van der Waals surface area contributed by atoms with E-state index in [4.69, 9.17) is 5.11 Å². The first-order valence-electron chi connectivity index (χ1n) is 6.80. The van der Waals surface area contributed by atoms with Crippen molar-refractivity contribution < 1.29 is 10.0 Å². The number of nitrogens with zero attached hydrogens (tertiary/aromatic N) is 5. The smallest absolute Gasteiger partial charge is 0.353 e. The molecule has 0 aliphatic carbocycles. The Kier molecular flexibility index (Phi) is 5.77. The van der Waals surface area contributed by atoms with Crippen LogP contribution in [0.25, 0.3) is 0 Å². The quantitative estimate of drug-likeness (QED) is 0.552. The molecule has 10 heteroatoms. The number of nitro groups is 1. The number of anilines is 3. The SMILES string of the molecule is CCN(CCO)c1ncnc(Nc2ccc(Br)cn2)c1[N+](=O)[O-]. The Morgan fingerprint density at radius 3 is 2.74 bits per heavy atom. The fourth-order valence-corrected chi connectivity index (χ4v) is 2.20. The van der Waals surface area contributed by atoms with Crippen molar-refractivity contribution in [3.8, 4) is 0 Å². The summed E-state index contributed by atoms with van der Waals surface area (Å²) in [5.74, 6) is 0.624. The summed E-state index contributed by atoms with van der Waals surface area (Å²) in [6.07, 6.45) is 2.81. The van der Waals surface area contributed by atoms with E-state index in [1.165, 1.54) is 6.33 Å². The van der Waals surface area contributed by atoms with Crippen LogP contribution in [0.4, 0.5) is 23.1 Å². The Hall–Kier alpha value is -2.33. The van der Waals surface area contributed by atoms with Gasteiger partial charge in [0.15, 0.2) is 0 Å². The fraction of sp³-hybridized carbons (Fsp3) is 0.308. The van der Waals surface area contributed by atoms with Gasteiger partial charge in [-0.3, -0.25) is 10.1 Å². The molecule has 9 nitrogen and oxygen atoms in total. The molecule has 0 spiro atoms. The van der Waals surface area contributed by atoms with Gasteiger partial charge < -0.3 is 15.3 Å². The Morgan fingerprint density at radius 1 is 1.39 bits per heavy atom. The van der Waals surface area contributed by atoms with Crippen LogP contribution in [0.2, 0.25) is 0 Å². The van der Waals surface area contributed by atoms with Crippen molar-refractivity contribution in [2.75, 3.05) is 29.9 Å². The molecule has 0 unspecified atom stereocenters. The van der Waals surface area contributed by atoms with Gasteiger partial charge in [0.1, 0.15) is 12.1 Å². The van der Waals surface area contributed by atoms with Gasteiger partial charge in [-0.2, -0.15) is 0 Å². The van der Waals surface area contributed by atoms with Crippen LogP contribution in [0, 0.1) is 10.1 Å². The highest BCUT2D eigenvalue weighted by Gasteiger charge is 2.26. The third-order valence-corrected chi connectivity index (χ3v) is 3.48. The molecule has 122 valence electrons. The van der Waals surface area contributed by atoms with Gasteiger partial charge in [-0.05, 0) is 35.0 Å². The minimum Gasteiger partial charge on any atom is -0.395 e. The van der Waals surface area contributed by atoms with E-state index in [0.717, 1.165) is 4.47 Å². The zero-order valence-electron chi connectivity index (χ0n) is 12.3. The van der Waals surface area contributed by atoms with Crippen molar-refractivity contribution in [2.45, 2.75) is 6.92 Å². The van der Waals surface area contributed by atoms with E-state index in [-0.39, 0.29) is 30.5 Å². The molecule has 23 heavy (non-hydrogen) atoms. The van der Waals surface area contributed by atoms with Gasteiger partial charge in [0.2, 0.25) is 11.6 Å². The van der Waals surface area contributed by atoms with Crippen LogP contribution in [0.3, 0.4) is 0 Å². The maximum absolute atomic E-state index is 11.5. The molecule has 0 fully saturated rings. The molecular formula is C13H15BrN6O3. The molecule has 0 saturated carbocycles. The van der Waals surface area contributed by atoms with Gasteiger partial charge in [-0.25, -0.2) is 15.0 Å². The largest absolute Gasteiger partial charge is 0.395 e. The van der Waals surface area contributed by atoms with Crippen LogP contribution in [0.1, 0.15) is 6.92 Å². The lowest BCUT2D eigenvalue weighted by molar-refractivity contribution is -0.383. The van der Waals surface area contributed by atoms with Gasteiger partial charge in [0, 0.05) is 23.8 Å². The number of likely N-dealkylation sites (N-methyl/N-ethyl adjacent to an activating group) is 1. The first-order valence-corrected chi connectivity index (χ1v) is 7.59. The van der Waals surface area contributed by atoms with E-state index >= 15 is 0 Å². The molecule has 0 radical (unpaired) electrons. The summed E-state index contributed by atoms with van der Waals surface area (Å²) >= 11 is 3.27. The molecule has 0 amide bonds. The summed E-state index contributed by atoms with van der Waals surface area (Å²) in [5.41, 5.74) is -0.257. The molecule has 0 atom stereocenters. The molecular weight excluding hydrogens is 368 g/mol. The summed E-state index contributed by atoms with van der Waals surface area (Å²) < 4.78 is 0.793. The van der Waals surface area contributed by atoms with E-state index in [2.05, 4.69) is 36.2 Å². The number of pyridine rings is 1. The third kappa shape index (κ3) is 4.11. The van der Waals surface area contributed by atoms with Crippen molar-refractivity contribution >= 4 is 39.1 Å². The number of hydrogen-bond donors (Lipinski definition) is 2. The minimum atomic E-state index is -0.545. The average Bonchev–Trinajstić information content (AvgIpc) is 2.54. The maximum Gasteiger partial charge on any atom is 0.353 e. The third-order valence-electron chi connectivity index (χ3n) is 3.01. The minimum absolute atomic E-state index is 0.0474. The lowest BCUT2D eigenvalue weighted by atomic mass is 10.3. The van der Waals surface area contributed by atoms with Gasteiger partial charge in [0.05, 0.1) is 11.5 Å². The predicted molar refractivity (Wildman–Crippen MR) is 88.9 cm³/mol. The van der Waals surface area contributed by atoms with Crippen molar-refractivity contribution in [3.63, 3.8) is 0 Å². The standard InChI is InChI=1S/C13H15BrN6O3/c1-2-19(5-6-21)13-11(20(22)23)12(16-8-17-13)18-10-4-3-9(14)7-15-10/h3-4,7-8,21H,2,5-6H2,1H3,(H,15,16,17,18). The number of aliphatic hydroxyl groups excluding tert-OH is 1. The van der Waals surface area contributed by atoms with Crippen molar-refractivity contribution in [1.82, 2.24) is 15.0 Å². The van der Waals surface area contributed by atoms with E-state index < -0.39 is 4.92 Å². The number of aliphatic hydroxyl groups is 1. The highest BCUT2D eigenvalue weighted by atomic mass is 79.9. The molecule has 2 aromatic heterocycles. The van der Waals surface area contributed by atoms with Gasteiger partial charge in [-0.15, -0.1) is 0 Å². The Labute approximate surface area is 140 Å². The van der Waals surface area contributed by atoms with Gasteiger partial charge >= 0.3 is 5.69 Å². The molecule has 0 aliphatic heterocycles. The maximum atomic E-state index is 11.5. The summed E-state index contributed by atoms with van der Waals surface area (Å²) in [6, 6.07) is 3.42. The highest BCUT2D eigenvalue weighted by molar-refractivity contribution is 9.10. The second-order valence-corrected chi connectivity index (χ2v) is 5.36. The Morgan fingerprint density at radius 2 is 2.17 bits per heavy atom. The number of halogens is 1. The molecule has 2 aromatic rings. The summed E-state index contributed by atoms with van der Waals surface area (Å²) in [5, 5.41) is 23.4. The first kappa shape index (κ1) is 17.0. The summed E-state index contributed by atoms with van der Waals surface area (Å²) in [6.45, 7) is 2.40. The van der Waals surface area contributed by atoms with E-state index in [1.807, 2.05) is 6.92 Å². The number of aromatic nitrogens is 3. The van der Waals surface area contributed by atoms with Crippen molar-refractivity contribution in [2.24, 2.45) is 0 Å². The van der Waals surface area contributed by atoms with Crippen LogP contribution in [0.5, 0.6) is 0 Å². The molecule has 0 aliphatic rings. The van der Waals surface area contributed by atoms with Crippen LogP contribution in [-0.4, -0.2) is 44.7 Å². The summed E-state index contributed by atoms with van der Waals surface area (Å²) in [7, 11) is 0. The Balaban J connectivity index is 2.43. The predicted octanol–water partition coefficient (Wildman–Crippen LogP) is 2.10. The average molecular weight is 383 g/mol.